The molecule has 1 aromatic rings. The quantitative estimate of drug-likeness (QED) is 0.273. The Labute approximate surface area is 188 Å². The Morgan fingerprint density at radius 1 is 0.968 bits per heavy atom. The molecule has 0 atom stereocenters. The normalized spacial score (nSPS) is 13.3. The van der Waals surface area contributed by atoms with Gasteiger partial charge < -0.3 is 13.6 Å². The summed E-state index contributed by atoms with van der Waals surface area (Å²) in [5, 5.41) is 0. The second kappa shape index (κ2) is 11.4. The van der Waals surface area contributed by atoms with Crippen LogP contribution in [0.2, 0.25) is 0 Å². The summed E-state index contributed by atoms with van der Waals surface area (Å²) < 4.78 is 54.1. The van der Waals surface area contributed by atoms with Crippen molar-refractivity contribution in [1.29, 1.82) is 0 Å². The van der Waals surface area contributed by atoms with Crippen molar-refractivity contribution in [2.24, 2.45) is 0 Å². The molecule has 0 spiro atoms. The van der Waals surface area contributed by atoms with Crippen molar-refractivity contribution < 1.29 is 31.7 Å². The average Bonchev–Trinajstić information content (AvgIpc) is 2.58. The lowest BCUT2D eigenvalue weighted by atomic mass is 9.77. The van der Waals surface area contributed by atoms with Crippen LogP contribution < -0.4 is 4.52 Å². The Hall–Kier alpha value is -0.680. The molecule has 31 heavy (non-hydrogen) atoms. The van der Waals surface area contributed by atoms with Gasteiger partial charge in [0.2, 0.25) is 0 Å². The van der Waals surface area contributed by atoms with E-state index in [-0.39, 0.29) is 23.8 Å². The third-order valence-electron chi connectivity index (χ3n) is 4.69. The molecule has 0 aliphatic carbocycles. The van der Waals surface area contributed by atoms with Gasteiger partial charge in [-0.25, -0.2) is 4.57 Å². The topological polar surface area (TPSA) is 80.3 Å². The van der Waals surface area contributed by atoms with Crippen LogP contribution in [0.5, 0.6) is 5.75 Å². The van der Waals surface area contributed by atoms with Gasteiger partial charge in [0.25, 0.3) is 0 Å². The largest absolute Gasteiger partial charge is 0.530 e. The number of phosphoric ester groups is 1. The summed E-state index contributed by atoms with van der Waals surface area (Å²) in [5.74, 6) is 0.400. The summed E-state index contributed by atoms with van der Waals surface area (Å²) in [6.45, 7) is 15.3. The fourth-order valence-electron chi connectivity index (χ4n) is 3.66. The van der Waals surface area contributed by atoms with E-state index in [0.717, 1.165) is 29.5 Å². The number of hydrogen-bond acceptors (Lipinski definition) is 7. The van der Waals surface area contributed by atoms with Crippen molar-refractivity contribution in [3.05, 3.63) is 28.8 Å². The zero-order valence-electron chi connectivity index (χ0n) is 20.7. The maximum absolute atomic E-state index is 13.5. The van der Waals surface area contributed by atoms with Crippen molar-refractivity contribution in [3.8, 4) is 5.75 Å². The minimum atomic E-state index is -3.91. The lowest BCUT2D eigenvalue weighted by Gasteiger charge is -2.32. The van der Waals surface area contributed by atoms with Gasteiger partial charge in [-0.1, -0.05) is 33.3 Å². The van der Waals surface area contributed by atoms with Gasteiger partial charge in [0.1, 0.15) is 5.75 Å². The zero-order chi connectivity index (χ0) is 24.0. The van der Waals surface area contributed by atoms with Gasteiger partial charge in [-0.3, -0.25) is 13.6 Å². The summed E-state index contributed by atoms with van der Waals surface area (Å²) in [5.41, 5.74) is 2.07. The lowest BCUT2D eigenvalue weighted by Crippen LogP contribution is -2.22. The van der Waals surface area contributed by atoms with Crippen LogP contribution >= 0.6 is 15.4 Å². The molecule has 1 aromatic carbocycles. The fraction of sp³-hybridized carbons (Fsp3) is 0.727. The lowest BCUT2D eigenvalue weighted by molar-refractivity contribution is 0.103. The number of benzene rings is 1. The first-order valence-corrected chi connectivity index (χ1v) is 13.9. The van der Waals surface area contributed by atoms with Gasteiger partial charge in [-0.15, -0.1) is 0 Å². The van der Waals surface area contributed by atoms with Crippen LogP contribution in [0.15, 0.2) is 12.1 Å². The first-order chi connectivity index (χ1) is 14.2. The highest BCUT2D eigenvalue weighted by atomic mass is 31.2. The van der Waals surface area contributed by atoms with E-state index in [1.54, 1.807) is 27.7 Å². The Kier molecular flexibility index (Phi) is 10.5. The summed E-state index contributed by atoms with van der Waals surface area (Å²) in [7, 11) is -4.51. The van der Waals surface area contributed by atoms with Gasteiger partial charge in [-0.05, 0) is 63.6 Å². The Morgan fingerprint density at radius 3 is 1.90 bits per heavy atom. The van der Waals surface area contributed by atoms with Crippen LogP contribution in [0.25, 0.3) is 0 Å². The summed E-state index contributed by atoms with van der Waals surface area (Å²) >= 11 is 0. The predicted octanol–water partition coefficient (Wildman–Crippen LogP) is 7.40. The summed E-state index contributed by atoms with van der Waals surface area (Å²) in [6.07, 6.45) is 1.12. The van der Waals surface area contributed by atoms with Crippen molar-refractivity contribution in [1.82, 2.24) is 0 Å². The highest BCUT2D eigenvalue weighted by molar-refractivity contribution is 7.53. The summed E-state index contributed by atoms with van der Waals surface area (Å²) in [6, 6.07) is 3.77. The van der Waals surface area contributed by atoms with E-state index >= 15 is 0 Å². The van der Waals surface area contributed by atoms with Gasteiger partial charge in [0.05, 0.1) is 18.4 Å². The van der Waals surface area contributed by atoms with Gasteiger partial charge in [-0.2, -0.15) is 0 Å². The van der Waals surface area contributed by atoms with E-state index in [4.69, 9.17) is 22.6 Å². The molecule has 0 saturated heterocycles. The van der Waals surface area contributed by atoms with Crippen LogP contribution in [0.1, 0.15) is 78.0 Å². The molecule has 0 fully saturated rings. The fourth-order valence-corrected chi connectivity index (χ4v) is 6.29. The molecule has 0 radical (unpaired) electrons. The monoisotopic (exact) mass is 478 g/mol. The Bertz CT molecular complexity index is 796. The van der Waals surface area contributed by atoms with Crippen LogP contribution in [-0.2, 0) is 38.8 Å². The average molecular weight is 479 g/mol. The molecule has 0 amide bonds. The molecule has 9 heteroatoms. The highest BCUT2D eigenvalue weighted by Gasteiger charge is 2.37. The molecule has 0 bridgehead atoms. The van der Waals surface area contributed by atoms with Crippen molar-refractivity contribution in [3.63, 3.8) is 0 Å². The molecule has 0 aromatic heterocycles. The molecular formula is C22H40O7P2. The number of aryl methyl sites for hydroxylation is 1. The Balaban J connectivity index is 3.71. The maximum atomic E-state index is 13.5. The molecule has 0 aliphatic rings. The minimum absolute atomic E-state index is 0.0703. The van der Waals surface area contributed by atoms with Gasteiger partial charge in [0, 0.05) is 19.8 Å². The third kappa shape index (κ3) is 8.31. The predicted molar refractivity (Wildman–Crippen MR) is 125 cm³/mol. The molecule has 0 heterocycles. The number of phosphoric acid groups is 1. The second-order valence-corrected chi connectivity index (χ2v) is 12.7. The van der Waals surface area contributed by atoms with Gasteiger partial charge >= 0.3 is 15.4 Å². The number of hydrogen-bond donors (Lipinski definition) is 0. The van der Waals surface area contributed by atoms with E-state index in [1.165, 1.54) is 14.2 Å². The second-order valence-electron chi connectivity index (χ2n) is 8.91. The van der Waals surface area contributed by atoms with Crippen LogP contribution in [0, 0.1) is 6.92 Å². The molecule has 0 N–H and O–H groups in total. The van der Waals surface area contributed by atoms with Crippen molar-refractivity contribution in [2.45, 2.75) is 92.0 Å². The molecule has 7 nitrogen and oxygen atoms in total. The molecule has 0 aliphatic heterocycles. The molecular weight excluding hydrogens is 438 g/mol. The summed E-state index contributed by atoms with van der Waals surface area (Å²) in [4.78, 5) is 0. The molecule has 0 unspecified atom stereocenters. The van der Waals surface area contributed by atoms with Crippen molar-refractivity contribution >= 4 is 15.4 Å². The van der Waals surface area contributed by atoms with Crippen LogP contribution in [0.4, 0.5) is 0 Å². The first kappa shape index (κ1) is 28.4. The Morgan fingerprint density at radius 2 is 1.48 bits per heavy atom. The standard InChI is InChI=1S/C22H40O7P2/c1-11-12-22(7,8)21-19(15-30(23,25-9)26-10)13-18(6)14-20(21)29-31(24,27-16(2)3)28-17(4)5/h13-14,16-17H,11-12,15H2,1-10H3. The minimum Gasteiger partial charge on any atom is -0.404 e. The van der Waals surface area contributed by atoms with Crippen molar-refractivity contribution in [2.75, 3.05) is 14.2 Å². The molecule has 1 rings (SSSR count). The number of rotatable bonds is 13. The first-order valence-electron chi connectivity index (χ1n) is 10.7. The third-order valence-corrected chi connectivity index (χ3v) is 8.31. The maximum Gasteiger partial charge on any atom is 0.530 e. The van der Waals surface area contributed by atoms with Crippen LogP contribution in [-0.4, -0.2) is 26.4 Å². The van der Waals surface area contributed by atoms with E-state index in [2.05, 4.69) is 20.8 Å². The SMILES string of the molecule is CCCC(C)(C)c1c(CP(=O)(OC)OC)cc(C)cc1OP(=O)(OC(C)C)OC(C)C. The highest BCUT2D eigenvalue weighted by Crippen LogP contribution is 2.56. The zero-order valence-corrected chi connectivity index (χ0v) is 22.5. The smallest absolute Gasteiger partial charge is 0.404 e. The van der Waals surface area contributed by atoms with E-state index < -0.39 is 15.4 Å². The van der Waals surface area contributed by atoms with E-state index in [1.807, 2.05) is 19.1 Å². The molecule has 180 valence electrons. The molecule has 0 saturated carbocycles. The van der Waals surface area contributed by atoms with Crippen LogP contribution in [0.3, 0.4) is 0 Å². The van der Waals surface area contributed by atoms with E-state index in [0.29, 0.717) is 5.75 Å². The van der Waals surface area contributed by atoms with Gasteiger partial charge in [0.15, 0.2) is 0 Å². The van der Waals surface area contributed by atoms with E-state index in [9.17, 15) is 9.13 Å².